The summed E-state index contributed by atoms with van der Waals surface area (Å²) in [5.41, 5.74) is 5.68. The van der Waals surface area contributed by atoms with Crippen molar-refractivity contribution in [2.75, 3.05) is 0 Å². The Balaban J connectivity index is 1.43. The Morgan fingerprint density at radius 2 is 2.14 bits per heavy atom. The number of allylic oxidation sites excluding steroid dienone is 1. The Labute approximate surface area is 136 Å². The minimum absolute atomic E-state index is 0.192. The van der Waals surface area contributed by atoms with Crippen molar-refractivity contribution in [2.45, 2.75) is 24.8 Å². The van der Waals surface area contributed by atoms with Crippen LogP contribution in [0.25, 0.3) is 0 Å². The van der Waals surface area contributed by atoms with Gasteiger partial charge in [-0.05, 0) is 52.4 Å². The monoisotopic (exact) mass is 361 g/mol. The van der Waals surface area contributed by atoms with Crippen molar-refractivity contribution in [1.29, 1.82) is 0 Å². The fourth-order valence-electron chi connectivity index (χ4n) is 3.11. The topological polar surface area (TPSA) is 36.8 Å². The maximum Gasteiger partial charge on any atom is 0.219 e. The largest absolute Gasteiger partial charge is 0.253 e. The van der Waals surface area contributed by atoms with Crippen molar-refractivity contribution in [3.63, 3.8) is 0 Å². The van der Waals surface area contributed by atoms with E-state index in [9.17, 15) is 4.39 Å². The zero-order valence-electron chi connectivity index (χ0n) is 11.8. The van der Waals surface area contributed by atoms with Gasteiger partial charge in [0.25, 0.3) is 0 Å². The molecule has 0 aromatic heterocycles. The number of hydrogen-bond acceptors (Lipinski definition) is 3. The first-order valence-electron chi connectivity index (χ1n) is 7.23. The quantitative estimate of drug-likeness (QED) is 0.820. The Morgan fingerprint density at radius 1 is 1.27 bits per heavy atom. The van der Waals surface area contributed by atoms with Gasteiger partial charge in [-0.25, -0.2) is 9.38 Å². The lowest BCUT2D eigenvalue weighted by Crippen LogP contribution is -2.58. The SMILES string of the molecule is Fc1cc(C2CC(N[N+]34C=CN=CC3=CN=C4)C2)ccc1Br. The third-order valence-electron chi connectivity index (χ3n) is 4.43. The first-order chi connectivity index (χ1) is 10.7. The molecule has 0 saturated heterocycles. The molecular formula is C16H15BrFN4+. The zero-order valence-corrected chi connectivity index (χ0v) is 13.4. The van der Waals surface area contributed by atoms with E-state index in [1.807, 2.05) is 31.0 Å². The second kappa shape index (κ2) is 5.22. The van der Waals surface area contributed by atoms with Crippen LogP contribution in [0.4, 0.5) is 4.39 Å². The smallest absolute Gasteiger partial charge is 0.219 e. The number of hydrogen-bond donors (Lipinski definition) is 1. The summed E-state index contributed by atoms with van der Waals surface area (Å²) in [6.07, 6.45) is 11.3. The van der Waals surface area contributed by atoms with Gasteiger partial charge in [0.2, 0.25) is 6.34 Å². The first kappa shape index (κ1) is 14.0. The lowest BCUT2D eigenvalue weighted by atomic mass is 9.76. The van der Waals surface area contributed by atoms with E-state index in [1.54, 1.807) is 18.3 Å². The second-order valence-electron chi connectivity index (χ2n) is 5.84. The third-order valence-corrected chi connectivity index (χ3v) is 5.07. The summed E-state index contributed by atoms with van der Waals surface area (Å²) in [4.78, 5) is 8.38. The highest BCUT2D eigenvalue weighted by atomic mass is 79.9. The van der Waals surface area contributed by atoms with Crippen LogP contribution >= 0.6 is 15.9 Å². The number of quaternary nitrogens is 1. The lowest BCUT2D eigenvalue weighted by molar-refractivity contribution is -0.788. The Bertz CT molecular complexity index is 734. The van der Waals surface area contributed by atoms with Gasteiger partial charge in [-0.15, -0.1) is 10.0 Å². The Hall–Kier alpha value is -1.63. The van der Waals surface area contributed by atoms with Crippen molar-refractivity contribution in [2.24, 2.45) is 9.98 Å². The fourth-order valence-corrected chi connectivity index (χ4v) is 3.35. The molecule has 4 nitrogen and oxygen atoms in total. The minimum Gasteiger partial charge on any atom is -0.253 e. The molecule has 22 heavy (non-hydrogen) atoms. The number of aliphatic imine (C=N–C) groups is 2. The van der Waals surface area contributed by atoms with Crippen LogP contribution in [0.2, 0.25) is 0 Å². The second-order valence-corrected chi connectivity index (χ2v) is 6.69. The number of nitrogens with one attached hydrogen (secondary N) is 1. The average Bonchev–Trinajstić information content (AvgIpc) is 2.89. The van der Waals surface area contributed by atoms with Crippen LogP contribution < -0.4 is 5.43 Å². The number of halogens is 2. The standard InChI is InChI=1S/C16H15BrFN4/c17-15-2-1-11(7-16(15)18)12-5-13(6-12)21-22-4-3-19-8-14(22)9-20-10-22/h1-4,7-10,12-13,21H,5-6H2/q+1. The van der Waals surface area contributed by atoms with Crippen LogP contribution in [0.1, 0.15) is 24.3 Å². The molecule has 1 saturated carbocycles. The highest BCUT2D eigenvalue weighted by Crippen LogP contribution is 2.39. The normalized spacial score (nSPS) is 31.8. The van der Waals surface area contributed by atoms with E-state index < -0.39 is 0 Å². The van der Waals surface area contributed by atoms with Crippen molar-refractivity contribution in [3.05, 3.63) is 58.3 Å². The molecule has 0 radical (unpaired) electrons. The van der Waals surface area contributed by atoms with E-state index in [-0.39, 0.29) is 5.82 Å². The van der Waals surface area contributed by atoms with Crippen molar-refractivity contribution >= 4 is 28.5 Å². The fraction of sp³-hybridized carbons (Fsp3) is 0.250. The molecule has 1 aromatic rings. The molecule has 2 aliphatic heterocycles. The predicted octanol–water partition coefficient (Wildman–Crippen LogP) is 3.59. The van der Waals surface area contributed by atoms with Gasteiger partial charge in [0.15, 0.2) is 5.70 Å². The summed E-state index contributed by atoms with van der Waals surface area (Å²) in [6.45, 7) is 0. The van der Waals surface area contributed by atoms with E-state index in [0.717, 1.165) is 24.1 Å². The minimum atomic E-state index is -0.192. The Morgan fingerprint density at radius 3 is 2.95 bits per heavy atom. The molecule has 1 unspecified atom stereocenters. The first-order valence-corrected chi connectivity index (χ1v) is 8.03. The maximum absolute atomic E-state index is 13.6. The Kier molecular flexibility index (Phi) is 3.32. The summed E-state index contributed by atoms with van der Waals surface area (Å²) in [6, 6.07) is 5.79. The van der Waals surface area contributed by atoms with Gasteiger partial charge in [-0.1, -0.05) is 6.07 Å². The van der Waals surface area contributed by atoms with Gasteiger partial charge in [-0.3, -0.25) is 4.99 Å². The molecule has 0 bridgehead atoms. The molecule has 1 aliphatic carbocycles. The molecule has 2 heterocycles. The van der Waals surface area contributed by atoms with Crippen LogP contribution in [0.15, 0.2) is 57.0 Å². The molecule has 112 valence electrons. The highest BCUT2D eigenvalue weighted by molar-refractivity contribution is 9.10. The van der Waals surface area contributed by atoms with Gasteiger partial charge in [0.05, 0.1) is 29.1 Å². The predicted molar refractivity (Wildman–Crippen MR) is 87.5 cm³/mol. The summed E-state index contributed by atoms with van der Waals surface area (Å²) in [5, 5.41) is 0. The third kappa shape index (κ3) is 2.27. The van der Waals surface area contributed by atoms with Crippen LogP contribution in [0.5, 0.6) is 0 Å². The number of rotatable bonds is 3. The van der Waals surface area contributed by atoms with E-state index in [1.165, 1.54) is 0 Å². The van der Waals surface area contributed by atoms with E-state index >= 15 is 0 Å². The van der Waals surface area contributed by atoms with Gasteiger partial charge < -0.3 is 0 Å². The van der Waals surface area contributed by atoms with Crippen molar-refractivity contribution in [1.82, 2.24) is 5.43 Å². The van der Waals surface area contributed by atoms with Crippen LogP contribution in [0.3, 0.4) is 0 Å². The van der Waals surface area contributed by atoms with E-state index in [4.69, 9.17) is 0 Å². The average molecular weight is 362 g/mol. The zero-order chi connectivity index (χ0) is 15.2. The molecule has 6 heteroatoms. The number of benzene rings is 1. The highest BCUT2D eigenvalue weighted by Gasteiger charge is 2.41. The van der Waals surface area contributed by atoms with Gasteiger partial charge in [0.1, 0.15) is 12.0 Å². The molecule has 0 spiro atoms. The molecule has 1 N–H and O–H groups in total. The number of nitrogens with zero attached hydrogens (tertiary/aromatic N) is 3. The molecule has 1 aromatic carbocycles. The van der Waals surface area contributed by atoms with Crippen molar-refractivity contribution in [3.8, 4) is 0 Å². The van der Waals surface area contributed by atoms with E-state index in [2.05, 4.69) is 31.3 Å². The lowest BCUT2D eigenvalue weighted by Gasteiger charge is -2.40. The maximum atomic E-state index is 13.6. The molecule has 4 rings (SSSR count). The van der Waals surface area contributed by atoms with E-state index in [0.29, 0.717) is 21.0 Å². The van der Waals surface area contributed by atoms with Crippen molar-refractivity contribution < 1.29 is 8.98 Å². The number of fused-ring (bicyclic) bond motifs is 1. The molecule has 3 aliphatic rings. The molecule has 0 amide bonds. The van der Waals surface area contributed by atoms with Gasteiger partial charge in [0, 0.05) is 0 Å². The molecule has 1 atom stereocenters. The summed E-state index contributed by atoms with van der Waals surface area (Å²) in [5.74, 6) is 0.218. The molecule has 1 fully saturated rings. The van der Waals surface area contributed by atoms with Crippen LogP contribution in [-0.4, -0.2) is 23.2 Å². The summed E-state index contributed by atoms with van der Waals surface area (Å²) >= 11 is 3.20. The summed E-state index contributed by atoms with van der Waals surface area (Å²) in [7, 11) is 0. The molecular weight excluding hydrogens is 347 g/mol. The van der Waals surface area contributed by atoms with Gasteiger partial charge >= 0.3 is 0 Å². The van der Waals surface area contributed by atoms with Crippen LogP contribution in [-0.2, 0) is 0 Å². The van der Waals surface area contributed by atoms with Crippen LogP contribution in [0, 0.1) is 5.82 Å². The van der Waals surface area contributed by atoms with Gasteiger partial charge in [-0.2, -0.15) is 0 Å². The summed E-state index contributed by atoms with van der Waals surface area (Å²) < 4.78 is 14.6.